The first kappa shape index (κ1) is 10.9. The summed E-state index contributed by atoms with van der Waals surface area (Å²) in [5.74, 6) is -0.324. The average molecular weight is 223 g/mol. The third-order valence-corrected chi connectivity index (χ3v) is 2.36. The van der Waals surface area contributed by atoms with Crippen molar-refractivity contribution in [3.63, 3.8) is 0 Å². The molecule has 86 valence electrons. The second-order valence-electron chi connectivity index (χ2n) is 3.83. The second kappa shape index (κ2) is 4.47. The van der Waals surface area contributed by atoms with Gasteiger partial charge in [0.25, 0.3) is 5.91 Å². The van der Waals surface area contributed by atoms with E-state index in [1.54, 1.807) is 0 Å². The molecule has 4 nitrogen and oxygen atoms in total. The van der Waals surface area contributed by atoms with Gasteiger partial charge in [0, 0.05) is 12.6 Å². The van der Waals surface area contributed by atoms with Crippen molar-refractivity contribution in [2.75, 3.05) is 11.9 Å². The average Bonchev–Trinajstić information content (AvgIpc) is 3.05. The van der Waals surface area contributed by atoms with Crippen molar-refractivity contribution in [3.8, 4) is 0 Å². The molecule has 0 spiro atoms. The molecule has 1 fully saturated rings. The van der Waals surface area contributed by atoms with Crippen LogP contribution in [0.5, 0.6) is 0 Å². The lowest BCUT2D eigenvalue weighted by Crippen LogP contribution is -2.26. The van der Waals surface area contributed by atoms with Crippen LogP contribution < -0.4 is 10.6 Å². The van der Waals surface area contributed by atoms with Gasteiger partial charge in [-0.1, -0.05) is 0 Å². The molecule has 0 radical (unpaired) electrons. The fraction of sp³-hybridized carbons (Fsp3) is 0.455. The Morgan fingerprint density at radius 3 is 3.00 bits per heavy atom. The zero-order valence-corrected chi connectivity index (χ0v) is 9.09. The first-order chi connectivity index (χ1) is 7.70. The van der Waals surface area contributed by atoms with Crippen LogP contribution >= 0.6 is 0 Å². The summed E-state index contributed by atoms with van der Waals surface area (Å²) < 4.78 is 13.0. The fourth-order valence-corrected chi connectivity index (χ4v) is 1.41. The van der Waals surface area contributed by atoms with E-state index in [2.05, 4.69) is 15.6 Å². The number of halogens is 1. The number of aromatic nitrogens is 1. The smallest absolute Gasteiger partial charge is 0.255 e. The van der Waals surface area contributed by atoms with Gasteiger partial charge in [-0.05, 0) is 25.8 Å². The first-order valence-corrected chi connectivity index (χ1v) is 5.41. The molecule has 0 unspecified atom stereocenters. The molecule has 16 heavy (non-hydrogen) atoms. The van der Waals surface area contributed by atoms with Crippen LogP contribution in [0.3, 0.4) is 0 Å². The maximum Gasteiger partial charge on any atom is 0.255 e. The lowest BCUT2D eigenvalue weighted by Gasteiger charge is -2.09. The Balaban J connectivity index is 2.20. The van der Waals surface area contributed by atoms with Crippen LogP contribution in [0.2, 0.25) is 0 Å². The van der Waals surface area contributed by atoms with E-state index in [9.17, 15) is 9.18 Å². The molecule has 5 heteroatoms. The van der Waals surface area contributed by atoms with Crippen molar-refractivity contribution in [1.82, 2.24) is 10.3 Å². The maximum absolute atomic E-state index is 13.0. The highest BCUT2D eigenvalue weighted by Gasteiger charge is 2.25. The molecule has 0 aromatic carbocycles. The Bertz CT molecular complexity index is 404. The largest absolute Gasteiger partial charge is 0.370 e. The van der Waals surface area contributed by atoms with Crippen molar-refractivity contribution >= 4 is 11.7 Å². The van der Waals surface area contributed by atoms with Crippen molar-refractivity contribution < 1.29 is 9.18 Å². The van der Waals surface area contributed by atoms with Gasteiger partial charge in [-0.25, -0.2) is 9.37 Å². The Kier molecular flexibility index (Phi) is 3.03. The topological polar surface area (TPSA) is 54.0 Å². The number of nitrogens with zero attached hydrogens (tertiary/aromatic N) is 1. The van der Waals surface area contributed by atoms with Crippen LogP contribution in [0.4, 0.5) is 10.2 Å². The lowest BCUT2D eigenvalue weighted by atomic mass is 10.2. The van der Waals surface area contributed by atoms with Gasteiger partial charge in [0.2, 0.25) is 0 Å². The molecule has 2 rings (SSSR count). The molecule has 0 bridgehead atoms. The third-order valence-electron chi connectivity index (χ3n) is 2.36. The van der Waals surface area contributed by atoms with Gasteiger partial charge >= 0.3 is 0 Å². The summed E-state index contributed by atoms with van der Waals surface area (Å²) in [6.45, 7) is 2.54. The number of carbonyl (C=O) groups excluding carboxylic acids is 1. The number of nitrogens with one attached hydrogen (secondary N) is 2. The Labute approximate surface area is 93.3 Å². The number of hydrogen-bond donors (Lipinski definition) is 2. The summed E-state index contributed by atoms with van der Waals surface area (Å²) in [4.78, 5) is 15.7. The molecule has 0 atom stereocenters. The fourth-order valence-electron chi connectivity index (χ4n) is 1.41. The number of hydrogen-bond acceptors (Lipinski definition) is 3. The van der Waals surface area contributed by atoms with Crippen molar-refractivity contribution in [3.05, 3.63) is 23.6 Å². The van der Waals surface area contributed by atoms with Crippen LogP contribution in [0.25, 0.3) is 0 Å². The van der Waals surface area contributed by atoms with E-state index >= 15 is 0 Å². The van der Waals surface area contributed by atoms with E-state index in [0.29, 0.717) is 12.4 Å². The lowest BCUT2D eigenvalue weighted by molar-refractivity contribution is 0.0951. The van der Waals surface area contributed by atoms with Crippen LogP contribution in [0, 0.1) is 5.82 Å². The summed E-state index contributed by atoms with van der Waals surface area (Å²) in [5, 5.41) is 5.75. The molecule has 0 saturated heterocycles. The minimum atomic E-state index is -0.498. The highest BCUT2D eigenvalue weighted by atomic mass is 19.1. The zero-order valence-electron chi connectivity index (χ0n) is 9.09. The number of pyridine rings is 1. The molecule has 1 aliphatic carbocycles. The summed E-state index contributed by atoms with van der Waals surface area (Å²) >= 11 is 0. The van der Waals surface area contributed by atoms with Gasteiger partial charge < -0.3 is 10.6 Å². The van der Waals surface area contributed by atoms with Crippen LogP contribution in [-0.2, 0) is 0 Å². The SMILES string of the molecule is CCNc1ncc(F)cc1C(=O)NC1CC1. The van der Waals surface area contributed by atoms with Gasteiger partial charge in [0.15, 0.2) is 0 Å². The first-order valence-electron chi connectivity index (χ1n) is 5.41. The van der Waals surface area contributed by atoms with E-state index in [0.717, 1.165) is 19.0 Å². The molecule has 1 saturated carbocycles. The third kappa shape index (κ3) is 2.48. The summed E-state index contributed by atoms with van der Waals surface area (Å²) in [5.41, 5.74) is 0.272. The van der Waals surface area contributed by atoms with Crippen molar-refractivity contribution in [2.45, 2.75) is 25.8 Å². The molecule has 1 aliphatic rings. The van der Waals surface area contributed by atoms with Gasteiger partial charge in [-0.2, -0.15) is 0 Å². The Hall–Kier alpha value is -1.65. The van der Waals surface area contributed by atoms with Crippen molar-refractivity contribution in [1.29, 1.82) is 0 Å². The van der Waals surface area contributed by atoms with E-state index in [-0.39, 0.29) is 17.5 Å². The Morgan fingerprint density at radius 1 is 1.62 bits per heavy atom. The normalized spacial score (nSPS) is 14.6. The predicted octanol–water partition coefficient (Wildman–Crippen LogP) is 1.54. The van der Waals surface area contributed by atoms with Crippen LogP contribution in [0.15, 0.2) is 12.3 Å². The van der Waals surface area contributed by atoms with E-state index in [1.807, 2.05) is 6.92 Å². The van der Waals surface area contributed by atoms with Crippen LogP contribution in [-0.4, -0.2) is 23.5 Å². The van der Waals surface area contributed by atoms with Gasteiger partial charge in [0.1, 0.15) is 11.6 Å². The summed E-state index contributed by atoms with van der Waals surface area (Å²) in [6, 6.07) is 1.47. The molecular formula is C11H14FN3O. The van der Waals surface area contributed by atoms with Gasteiger partial charge in [0.05, 0.1) is 11.8 Å². The van der Waals surface area contributed by atoms with Gasteiger partial charge in [-0.3, -0.25) is 4.79 Å². The Morgan fingerprint density at radius 2 is 2.38 bits per heavy atom. The monoisotopic (exact) mass is 223 g/mol. The standard InChI is InChI=1S/C11H14FN3O/c1-2-13-10-9(5-7(12)6-14-10)11(16)15-8-3-4-8/h5-6,8H,2-4H2,1H3,(H,13,14)(H,15,16). The quantitative estimate of drug-likeness (QED) is 0.814. The zero-order chi connectivity index (χ0) is 11.5. The minimum Gasteiger partial charge on any atom is -0.370 e. The summed E-state index contributed by atoms with van der Waals surface area (Å²) in [6.07, 6.45) is 3.11. The van der Waals surface area contributed by atoms with Gasteiger partial charge in [-0.15, -0.1) is 0 Å². The molecule has 2 N–H and O–H groups in total. The van der Waals surface area contributed by atoms with E-state index < -0.39 is 5.82 Å². The molecule has 1 heterocycles. The van der Waals surface area contributed by atoms with E-state index in [4.69, 9.17) is 0 Å². The molecular weight excluding hydrogens is 209 g/mol. The number of anilines is 1. The number of amides is 1. The maximum atomic E-state index is 13.0. The highest BCUT2D eigenvalue weighted by molar-refractivity contribution is 5.99. The highest BCUT2D eigenvalue weighted by Crippen LogP contribution is 2.21. The molecule has 1 aromatic heterocycles. The molecule has 0 aliphatic heterocycles. The summed E-state index contributed by atoms with van der Waals surface area (Å²) in [7, 11) is 0. The van der Waals surface area contributed by atoms with Crippen LogP contribution in [0.1, 0.15) is 30.1 Å². The second-order valence-corrected chi connectivity index (χ2v) is 3.83. The molecule has 1 aromatic rings. The minimum absolute atomic E-state index is 0.255. The number of rotatable bonds is 4. The van der Waals surface area contributed by atoms with Crippen molar-refractivity contribution in [2.24, 2.45) is 0 Å². The number of carbonyl (C=O) groups is 1. The molecule has 1 amide bonds. The van der Waals surface area contributed by atoms with E-state index in [1.165, 1.54) is 6.07 Å². The predicted molar refractivity (Wildman–Crippen MR) is 58.8 cm³/mol.